The molecule has 2 aromatic heterocycles. The number of rotatable bonds is 13. The van der Waals surface area contributed by atoms with Gasteiger partial charge in [0.05, 0.1) is 20.3 Å². The van der Waals surface area contributed by atoms with E-state index in [1.165, 1.54) is 0 Å². The number of benzene rings is 2. The van der Waals surface area contributed by atoms with E-state index >= 15 is 0 Å². The van der Waals surface area contributed by atoms with Gasteiger partial charge < -0.3 is 56.2 Å². The number of aromatic nitrogens is 2. The van der Waals surface area contributed by atoms with E-state index in [0.717, 1.165) is 60.3 Å². The minimum atomic E-state index is -0.969. The highest BCUT2D eigenvalue weighted by Gasteiger charge is 2.53. The lowest BCUT2D eigenvalue weighted by molar-refractivity contribution is -0.131. The predicted molar refractivity (Wildman–Crippen MR) is 264 cm³/mol. The minimum absolute atomic E-state index is 0. The molecule has 6 fully saturated rings. The number of H-pyrrole nitrogens is 2. The Balaban J connectivity index is 0.000000366. The van der Waals surface area contributed by atoms with Crippen molar-refractivity contribution in [1.82, 2.24) is 41.0 Å². The maximum atomic E-state index is 13.6. The largest absolute Gasteiger partial charge is 0.496 e. The molecule has 4 aromatic rings. The summed E-state index contributed by atoms with van der Waals surface area (Å²) >= 11 is 0. The lowest BCUT2D eigenvalue weighted by Crippen LogP contribution is -2.53. The molecule has 2 spiro atoms. The smallest absolute Gasteiger partial charge is 0.271 e. The number of amides is 7. The van der Waals surface area contributed by atoms with E-state index in [1.54, 1.807) is 36.2 Å². The first-order chi connectivity index (χ1) is 33.2. The van der Waals surface area contributed by atoms with E-state index in [2.05, 4.69) is 37.3 Å². The molecule has 6 aliphatic rings. The number of likely N-dealkylation sites (tertiary alicyclic amines) is 2. The van der Waals surface area contributed by atoms with Gasteiger partial charge in [-0.05, 0) is 111 Å². The highest BCUT2D eigenvalue weighted by molar-refractivity contribution is 6.03. The van der Waals surface area contributed by atoms with Gasteiger partial charge in [-0.25, -0.2) is 0 Å². The van der Waals surface area contributed by atoms with Crippen molar-refractivity contribution in [3.05, 3.63) is 59.9 Å². The summed E-state index contributed by atoms with van der Waals surface area (Å²) in [6.45, 7) is 2.16. The summed E-state index contributed by atoms with van der Waals surface area (Å²) in [6, 6.07) is 13.7. The number of hydrogen-bond acceptors (Lipinski definition) is 10. The Kier molecular flexibility index (Phi) is 13.0. The molecule has 2 saturated carbocycles. The Hall–Kier alpha value is -7.10. The summed E-state index contributed by atoms with van der Waals surface area (Å²) in [5.74, 6) is -1.43. The molecule has 19 heteroatoms. The fourth-order valence-corrected chi connectivity index (χ4v) is 11.5. The second-order valence-electron chi connectivity index (χ2n) is 19.9. The van der Waals surface area contributed by atoms with Crippen LogP contribution < -0.4 is 36.5 Å². The molecule has 6 atom stereocenters. The van der Waals surface area contributed by atoms with Crippen LogP contribution in [0.1, 0.15) is 107 Å². The number of fused-ring (bicyclic) bond motifs is 2. The van der Waals surface area contributed by atoms with Crippen LogP contribution in [0.2, 0.25) is 0 Å². The molecule has 0 radical (unpaired) electrons. The number of nitrogens with one attached hydrogen (secondary N) is 6. The van der Waals surface area contributed by atoms with Crippen LogP contribution in [-0.4, -0.2) is 126 Å². The maximum Gasteiger partial charge on any atom is 0.271 e. The van der Waals surface area contributed by atoms with E-state index in [4.69, 9.17) is 15.2 Å². The number of nitriles is 1. The number of carbonyl (C=O) groups excluding carboxylic acids is 7. The summed E-state index contributed by atoms with van der Waals surface area (Å²) in [6.07, 6.45) is 8.90. The molecule has 19 nitrogen and oxygen atoms in total. The Morgan fingerprint density at radius 1 is 0.754 bits per heavy atom. The van der Waals surface area contributed by atoms with Crippen molar-refractivity contribution in [3.8, 4) is 17.6 Å². The second kappa shape index (κ2) is 19.1. The highest BCUT2D eigenvalue weighted by atomic mass is 16.5. The molecule has 2 aromatic carbocycles. The first-order valence-corrected chi connectivity index (χ1v) is 24.0. The van der Waals surface area contributed by atoms with Gasteiger partial charge in [-0.2, -0.15) is 5.26 Å². The quantitative estimate of drug-likeness (QED) is 0.0976. The van der Waals surface area contributed by atoms with Gasteiger partial charge in [0.1, 0.15) is 47.1 Å². The van der Waals surface area contributed by atoms with Crippen LogP contribution in [0, 0.1) is 34.0 Å². The molecule has 69 heavy (non-hydrogen) atoms. The summed E-state index contributed by atoms with van der Waals surface area (Å²) in [4.78, 5) is 99.6. The summed E-state index contributed by atoms with van der Waals surface area (Å²) in [7, 11) is 3.17. The fourth-order valence-electron chi connectivity index (χ4n) is 11.5. The number of methoxy groups -OCH3 is 2. The number of aromatic amines is 2. The predicted octanol–water partition coefficient (Wildman–Crippen LogP) is 4.63. The van der Waals surface area contributed by atoms with E-state index in [1.807, 2.05) is 36.4 Å². The number of nitrogens with two attached hydrogens (primary N) is 1. The third-order valence-electron chi connectivity index (χ3n) is 15.6. The Labute approximate surface area is 407 Å². The van der Waals surface area contributed by atoms with Crippen LogP contribution in [0.4, 0.5) is 0 Å². The average Bonchev–Trinajstić information content (AvgIpc) is 4.19. The van der Waals surface area contributed by atoms with E-state index < -0.39 is 36.0 Å². The van der Waals surface area contributed by atoms with Gasteiger partial charge in [0.25, 0.3) is 11.8 Å². The zero-order valence-electron chi connectivity index (χ0n) is 39.0. The van der Waals surface area contributed by atoms with Gasteiger partial charge in [-0.15, -0.1) is 0 Å². The normalized spacial score (nSPS) is 23.8. The van der Waals surface area contributed by atoms with Gasteiger partial charge in [-0.1, -0.05) is 25.0 Å². The molecule has 0 unspecified atom stereocenters. The fraction of sp³-hybridized carbons (Fsp3) is 0.520. The first-order valence-electron chi connectivity index (χ1n) is 24.0. The van der Waals surface area contributed by atoms with Gasteiger partial charge >= 0.3 is 0 Å². The van der Waals surface area contributed by atoms with Crippen molar-refractivity contribution >= 4 is 63.2 Å². The van der Waals surface area contributed by atoms with Crippen LogP contribution >= 0.6 is 0 Å². The first kappa shape index (κ1) is 47.0. The van der Waals surface area contributed by atoms with Crippen LogP contribution in [0.15, 0.2) is 48.5 Å². The topological polar surface area (TPSA) is 274 Å². The molecular formula is C50H72N10O9. The molecule has 4 aliphatic heterocycles. The number of nitrogens with zero attached hydrogens (tertiary/aromatic N) is 3. The minimum Gasteiger partial charge on any atom is -0.496 e. The van der Waals surface area contributed by atoms with Gasteiger partial charge in [0.2, 0.25) is 29.5 Å². The van der Waals surface area contributed by atoms with Crippen LogP contribution in [-0.2, 0) is 24.0 Å². The molecule has 8 N–H and O–H groups in total. The van der Waals surface area contributed by atoms with Gasteiger partial charge in [-0.3, -0.25) is 33.6 Å². The third-order valence-corrected chi connectivity index (χ3v) is 15.6. The number of primary amides is 1. The van der Waals surface area contributed by atoms with Gasteiger partial charge in [0, 0.05) is 68.4 Å². The van der Waals surface area contributed by atoms with Crippen molar-refractivity contribution in [2.45, 2.75) is 101 Å². The zero-order valence-corrected chi connectivity index (χ0v) is 39.0. The summed E-state index contributed by atoms with van der Waals surface area (Å²) in [5, 5.41) is 22.3. The summed E-state index contributed by atoms with van der Waals surface area (Å²) in [5.41, 5.74) is 7.82. The monoisotopic (exact) mass is 957 g/mol. The van der Waals surface area contributed by atoms with Crippen molar-refractivity contribution < 1.29 is 51.6 Å². The van der Waals surface area contributed by atoms with E-state index in [9.17, 15) is 38.8 Å². The third kappa shape index (κ3) is 9.28. The Morgan fingerprint density at radius 2 is 1.22 bits per heavy atom. The SMILES string of the molecule is COc1cccc2[nH]c(C(=O)N3CC4(CCC4)C[C@H]3C(=O)N[C@@H](C[C@@H]3CCNC3=O)C(N)=O)cc12.COc1cccc2[nH]c(C(=O)N3CC4(CCC4)C[C@H]3C(=O)N[C@H](C#N)C[C@@H]3CCNC3=O)cc12.[HH].[HH].[HH].[HH].[HH].[HH]. The average molecular weight is 957 g/mol. The van der Waals surface area contributed by atoms with Crippen LogP contribution in [0.3, 0.4) is 0 Å². The van der Waals surface area contributed by atoms with Crippen molar-refractivity contribution in [3.63, 3.8) is 0 Å². The van der Waals surface area contributed by atoms with Crippen molar-refractivity contribution in [2.24, 2.45) is 28.4 Å². The van der Waals surface area contributed by atoms with Crippen molar-refractivity contribution in [2.75, 3.05) is 40.4 Å². The molecule has 6 heterocycles. The number of carbonyl (C=O) groups is 7. The molecule has 4 saturated heterocycles. The molecule has 2 aliphatic carbocycles. The maximum absolute atomic E-state index is 13.6. The Bertz CT molecular complexity index is 2760. The number of hydrogen-bond donors (Lipinski definition) is 7. The Morgan fingerprint density at radius 3 is 1.61 bits per heavy atom. The summed E-state index contributed by atoms with van der Waals surface area (Å²) < 4.78 is 10.8. The van der Waals surface area contributed by atoms with E-state index in [-0.39, 0.29) is 73.6 Å². The lowest BCUT2D eigenvalue weighted by Gasteiger charge is -2.37. The van der Waals surface area contributed by atoms with E-state index in [0.29, 0.717) is 74.7 Å². The number of ether oxygens (including phenoxy) is 2. The molecular weight excluding hydrogens is 885 g/mol. The standard InChI is InChI=1S/C25H31N5O5.C25H29N5O4.6H2/c1-35-20-5-2-4-16-15(20)11-18(28-16)24(34)30-13-25(7-3-8-25)12-19(30)23(33)29-17(21(26)31)10-14-6-9-27-22(14)32;1-34-21-5-2-4-18-17(21)11-19(29-18)24(33)30-14-25(7-3-8-25)12-20(30)23(32)28-16(13-26)10-15-6-9-27-22(15)31;;;;;;/h2,4-5,11,14,17,19,28H,3,6-10,12-13H2,1H3,(H2,26,31)(H,27,32)(H,29,33);2,4-5,11,15-16,20,29H,3,6-10,12,14H2,1H3,(H,27,31)(H,28,32);6*1H/t14-,17-,19-;15-,16-,20-;;;;;;/m00....../s1. The highest BCUT2D eigenvalue weighted by Crippen LogP contribution is 2.52. The molecule has 7 amide bonds. The van der Waals surface area contributed by atoms with Crippen molar-refractivity contribution in [1.29, 1.82) is 5.26 Å². The van der Waals surface area contributed by atoms with Gasteiger partial charge in [0.15, 0.2) is 0 Å². The van der Waals surface area contributed by atoms with Crippen LogP contribution in [0.25, 0.3) is 21.8 Å². The second-order valence-corrected chi connectivity index (χ2v) is 19.9. The molecule has 0 bridgehead atoms. The molecule has 376 valence electrons. The molecule has 10 rings (SSSR count). The van der Waals surface area contributed by atoms with Crippen LogP contribution in [0.5, 0.6) is 11.5 Å². The lowest BCUT2D eigenvalue weighted by atomic mass is 9.67. The zero-order chi connectivity index (χ0) is 48.6.